The zero-order valence-electron chi connectivity index (χ0n) is 12.5. The van der Waals surface area contributed by atoms with Gasteiger partial charge in [0.05, 0.1) is 16.3 Å². The van der Waals surface area contributed by atoms with Crippen LogP contribution in [0.5, 0.6) is 11.5 Å². The summed E-state index contributed by atoms with van der Waals surface area (Å²) in [5.41, 5.74) is 1.39. The summed E-state index contributed by atoms with van der Waals surface area (Å²) in [6, 6.07) is 10.9. The van der Waals surface area contributed by atoms with E-state index in [0.29, 0.717) is 39.6 Å². The summed E-state index contributed by atoms with van der Waals surface area (Å²) < 4.78 is 11.6. The van der Waals surface area contributed by atoms with Gasteiger partial charge in [0.1, 0.15) is 13.2 Å². The standard InChI is InChI=1S/C17H12N2O3S2/c20-16-15(9-11-3-1-2-6-18-11)24-17(23)19(16)12-4-5-13-14(10-12)22-8-7-21-13/h1-6,9-10H,7-8H2/b15-9-. The Morgan fingerprint density at radius 3 is 2.79 bits per heavy atom. The molecule has 1 amide bonds. The smallest absolute Gasteiger partial charge is 0.270 e. The van der Waals surface area contributed by atoms with E-state index in [1.54, 1.807) is 24.4 Å². The molecule has 0 N–H and O–H groups in total. The maximum Gasteiger partial charge on any atom is 0.270 e. The molecule has 0 aliphatic carbocycles. The van der Waals surface area contributed by atoms with Crippen LogP contribution in [-0.2, 0) is 4.79 Å². The van der Waals surface area contributed by atoms with Gasteiger partial charge in [-0.15, -0.1) is 0 Å². The number of thioether (sulfide) groups is 1. The molecule has 7 heteroatoms. The first kappa shape index (κ1) is 15.2. The van der Waals surface area contributed by atoms with Crippen molar-refractivity contribution in [1.29, 1.82) is 0 Å². The summed E-state index contributed by atoms with van der Waals surface area (Å²) >= 11 is 6.65. The minimum atomic E-state index is -0.160. The number of hydrogen-bond donors (Lipinski definition) is 0. The van der Waals surface area contributed by atoms with E-state index < -0.39 is 0 Å². The highest BCUT2D eigenvalue weighted by Gasteiger charge is 2.34. The van der Waals surface area contributed by atoms with Crippen LogP contribution < -0.4 is 14.4 Å². The Labute approximate surface area is 148 Å². The molecule has 0 radical (unpaired) electrons. The van der Waals surface area contributed by atoms with Gasteiger partial charge in [-0.05, 0) is 30.3 Å². The number of anilines is 1. The van der Waals surface area contributed by atoms with Crippen molar-refractivity contribution in [1.82, 2.24) is 4.98 Å². The van der Waals surface area contributed by atoms with Crippen molar-refractivity contribution in [3.8, 4) is 11.5 Å². The molecule has 1 saturated heterocycles. The first-order valence-corrected chi connectivity index (χ1v) is 8.53. The lowest BCUT2D eigenvalue weighted by Gasteiger charge is -2.21. The molecule has 5 nitrogen and oxygen atoms in total. The van der Waals surface area contributed by atoms with E-state index >= 15 is 0 Å². The Morgan fingerprint density at radius 1 is 1.17 bits per heavy atom. The van der Waals surface area contributed by atoms with E-state index in [9.17, 15) is 4.79 Å². The molecule has 2 aliphatic rings. The van der Waals surface area contributed by atoms with Gasteiger partial charge in [-0.25, -0.2) is 0 Å². The fourth-order valence-corrected chi connectivity index (χ4v) is 3.74. The first-order chi connectivity index (χ1) is 11.7. The summed E-state index contributed by atoms with van der Waals surface area (Å²) in [6.07, 6.45) is 3.44. The van der Waals surface area contributed by atoms with Gasteiger partial charge in [-0.3, -0.25) is 14.7 Å². The Balaban J connectivity index is 1.66. The number of pyridine rings is 1. The molecule has 0 spiro atoms. The van der Waals surface area contributed by atoms with E-state index in [4.69, 9.17) is 21.7 Å². The number of benzene rings is 1. The van der Waals surface area contributed by atoms with Crippen LogP contribution >= 0.6 is 24.0 Å². The zero-order valence-corrected chi connectivity index (χ0v) is 14.1. The lowest BCUT2D eigenvalue weighted by atomic mass is 10.2. The minimum absolute atomic E-state index is 0.160. The van der Waals surface area contributed by atoms with E-state index in [-0.39, 0.29) is 5.91 Å². The maximum atomic E-state index is 12.7. The predicted octanol–water partition coefficient (Wildman–Crippen LogP) is 3.26. The molecule has 1 fully saturated rings. The van der Waals surface area contributed by atoms with E-state index in [2.05, 4.69) is 4.98 Å². The molecule has 2 aliphatic heterocycles. The highest BCUT2D eigenvalue weighted by molar-refractivity contribution is 8.27. The van der Waals surface area contributed by atoms with Gasteiger partial charge in [0.15, 0.2) is 15.8 Å². The lowest BCUT2D eigenvalue weighted by Crippen LogP contribution is -2.27. The average Bonchev–Trinajstić information content (AvgIpc) is 2.89. The van der Waals surface area contributed by atoms with Crippen LogP contribution in [-0.4, -0.2) is 28.4 Å². The largest absolute Gasteiger partial charge is 0.486 e. The third kappa shape index (κ3) is 2.76. The molecule has 3 heterocycles. The van der Waals surface area contributed by atoms with Crippen molar-refractivity contribution < 1.29 is 14.3 Å². The molecule has 24 heavy (non-hydrogen) atoms. The molecule has 0 unspecified atom stereocenters. The van der Waals surface area contributed by atoms with E-state index in [1.807, 2.05) is 24.3 Å². The third-order valence-corrected chi connectivity index (χ3v) is 4.85. The Hall–Kier alpha value is -2.38. The average molecular weight is 356 g/mol. The second-order valence-corrected chi connectivity index (χ2v) is 6.78. The molecular weight excluding hydrogens is 344 g/mol. The predicted molar refractivity (Wildman–Crippen MR) is 97.3 cm³/mol. The summed E-state index contributed by atoms with van der Waals surface area (Å²) in [6.45, 7) is 1.02. The van der Waals surface area contributed by atoms with Crippen LogP contribution in [0.3, 0.4) is 0 Å². The van der Waals surface area contributed by atoms with Crippen molar-refractivity contribution in [2.45, 2.75) is 0 Å². The van der Waals surface area contributed by atoms with Crippen molar-refractivity contribution in [2.24, 2.45) is 0 Å². The second kappa shape index (κ2) is 6.26. The highest BCUT2D eigenvalue weighted by Crippen LogP contribution is 2.40. The van der Waals surface area contributed by atoms with Crippen LogP contribution in [0.2, 0.25) is 0 Å². The van der Waals surface area contributed by atoms with Gasteiger partial charge >= 0.3 is 0 Å². The molecule has 4 rings (SSSR count). The van der Waals surface area contributed by atoms with E-state index in [0.717, 1.165) is 5.69 Å². The van der Waals surface area contributed by atoms with Gasteiger partial charge in [-0.2, -0.15) is 0 Å². The van der Waals surface area contributed by atoms with Crippen molar-refractivity contribution in [3.05, 3.63) is 53.2 Å². The first-order valence-electron chi connectivity index (χ1n) is 7.31. The number of carbonyl (C=O) groups excluding carboxylic acids is 1. The Morgan fingerprint density at radius 2 is 2.00 bits per heavy atom. The van der Waals surface area contributed by atoms with Crippen molar-refractivity contribution in [2.75, 3.05) is 18.1 Å². The fraction of sp³-hybridized carbons (Fsp3) is 0.118. The SMILES string of the molecule is O=C1/C(=C/c2ccccn2)SC(=S)N1c1ccc2c(c1)OCCO2. The quantitative estimate of drug-likeness (QED) is 0.608. The topological polar surface area (TPSA) is 51.7 Å². The second-order valence-electron chi connectivity index (χ2n) is 5.10. The number of carbonyl (C=O) groups is 1. The molecule has 2 aromatic rings. The number of rotatable bonds is 2. The van der Waals surface area contributed by atoms with E-state index in [1.165, 1.54) is 16.7 Å². The Kier molecular flexibility index (Phi) is 3.95. The lowest BCUT2D eigenvalue weighted by molar-refractivity contribution is -0.113. The number of ether oxygens (including phenoxy) is 2. The Bertz CT molecular complexity index is 852. The van der Waals surface area contributed by atoms with Gasteiger partial charge in [0, 0.05) is 12.3 Å². The molecule has 0 saturated carbocycles. The van der Waals surface area contributed by atoms with Gasteiger partial charge < -0.3 is 9.47 Å². The van der Waals surface area contributed by atoms with Crippen LogP contribution in [0.15, 0.2) is 47.5 Å². The van der Waals surface area contributed by atoms with Gasteiger partial charge in [0.25, 0.3) is 5.91 Å². The van der Waals surface area contributed by atoms with Crippen LogP contribution in [0, 0.1) is 0 Å². The molecule has 0 atom stereocenters. The van der Waals surface area contributed by atoms with Crippen LogP contribution in [0.1, 0.15) is 5.69 Å². The summed E-state index contributed by atoms with van der Waals surface area (Å²) in [5.74, 6) is 1.15. The highest BCUT2D eigenvalue weighted by atomic mass is 32.2. The minimum Gasteiger partial charge on any atom is -0.486 e. The number of fused-ring (bicyclic) bond motifs is 1. The molecule has 1 aromatic heterocycles. The molecular formula is C17H12N2O3S2. The normalized spacial score (nSPS) is 18.3. The number of nitrogens with zero attached hydrogens (tertiary/aromatic N) is 2. The van der Waals surface area contributed by atoms with Crippen molar-refractivity contribution in [3.63, 3.8) is 0 Å². The maximum absolute atomic E-state index is 12.7. The summed E-state index contributed by atoms with van der Waals surface area (Å²) in [5, 5.41) is 0. The molecule has 0 bridgehead atoms. The number of thiocarbonyl (C=S) groups is 1. The zero-order chi connectivity index (χ0) is 16.5. The molecule has 120 valence electrons. The summed E-state index contributed by atoms with van der Waals surface area (Å²) in [4.78, 5) is 19.0. The third-order valence-electron chi connectivity index (χ3n) is 3.54. The van der Waals surface area contributed by atoms with Gasteiger partial charge in [-0.1, -0.05) is 30.0 Å². The van der Waals surface area contributed by atoms with Crippen LogP contribution in [0.25, 0.3) is 6.08 Å². The van der Waals surface area contributed by atoms with Crippen molar-refractivity contribution >= 4 is 46.0 Å². The number of amides is 1. The number of aromatic nitrogens is 1. The molecule has 1 aromatic carbocycles. The number of hydrogen-bond acceptors (Lipinski definition) is 6. The fourth-order valence-electron chi connectivity index (χ4n) is 2.46. The van der Waals surface area contributed by atoms with Crippen LogP contribution in [0.4, 0.5) is 5.69 Å². The summed E-state index contributed by atoms with van der Waals surface area (Å²) in [7, 11) is 0. The monoisotopic (exact) mass is 356 g/mol. The van der Waals surface area contributed by atoms with Gasteiger partial charge in [0.2, 0.25) is 0 Å².